The lowest BCUT2D eigenvalue weighted by molar-refractivity contribution is 0.168. The molecule has 0 saturated heterocycles. The summed E-state index contributed by atoms with van der Waals surface area (Å²) >= 11 is 0. The number of aliphatic hydroxyl groups excluding tert-OH is 2. The van der Waals surface area contributed by atoms with E-state index in [1.165, 1.54) is 0 Å². The molecule has 0 aliphatic rings. The summed E-state index contributed by atoms with van der Waals surface area (Å²) in [5.74, 6) is 0. The SMILES string of the molecule is CCC(O)c1cn(CCCO)nn1. The molecule has 1 unspecified atom stereocenters. The molecular weight excluding hydrogens is 170 g/mol. The topological polar surface area (TPSA) is 71.2 Å². The molecule has 1 aromatic rings. The van der Waals surface area contributed by atoms with Crippen LogP contribution in [0.1, 0.15) is 31.6 Å². The van der Waals surface area contributed by atoms with Gasteiger partial charge in [-0.1, -0.05) is 12.1 Å². The van der Waals surface area contributed by atoms with Gasteiger partial charge in [-0.15, -0.1) is 5.10 Å². The predicted molar refractivity (Wildman–Crippen MR) is 47.0 cm³/mol. The molecule has 1 aromatic heterocycles. The molecule has 0 aliphatic heterocycles. The van der Waals surface area contributed by atoms with Crippen LogP contribution in [0.25, 0.3) is 0 Å². The average Bonchev–Trinajstić information content (AvgIpc) is 2.62. The Morgan fingerprint density at radius 3 is 3.00 bits per heavy atom. The largest absolute Gasteiger partial charge is 0.396 e. The summed E-state index contributed by atoms with van der Waals surface area (Å²) in [5.41, 5.74) is 0.598. The second-order valence-electron chi connectivity index (χ2n) is 2.91. The van der Waals surface area contributed by atoms with Crippen molar-refractivity contribution in [1.29, 1.82) is 0 Å². The number of rotatable bonds is 5. The zero-order valence-corrected chi connectivity index (χ0v) is 7.72. The van der Waals surface area contributed by atoms with Crippen LogP contribution in [0.15, 0.2) is 6.20 Å². The Hall–Kier alpha value is -0.940. The van der Waals surface area contributed by atoms with Gasteiger partial charge in [-0.05, 0) is 12.8 Å². The standard InChI is InChI=1S/C8H15N3O2/c1-2-8(13)7-6-11(10-9-7)4-3-5-12/h6,8,12-13H,2-5H2,1H3. The molecule has 0 saturated carbocycles. The maximum atomic E-state index is 9.40. The Balaban J connectivity index is 2.53. The smallest absolute Gasteiger partial charge is 0.111 e. The first-order valence-corrected chi connectivity index (χ1v) is 4.47. The van der Waals surface area contributed by atoms with E-state index in [9.17, 15) is 5.11 Å². The van der Waals surface area contributed by atoms with Crippen molar-refractivity contribution >= 4 is 0 Å². The number of hydrogen-bond acceptors (Lipinski definition) is 4. The first-order chi connectivity index (χ1) is 6.27. The predicted octanol–water partition coefficient (Wildman–Crippen LogP) is 0.104. The van der Waals surface area contributed by atoms with Crippen LogP contribution in [-0.2, 0) is 6.54 Å². The summed E-state index contributed by atoms with van der Waals surface area (Å²) in [6.07, 6.45) is 2.48. The lowest BCUT2D eigenvalue weighted by atomic mass is 10.2. The molecule has 0 fully saturated rings. The van der Waals surface area contributed by atoms with Crippen LogP contribution in [0.5, 0.6) is 0 Å². The molecule has 1 atom stereocenters. The highest BCUT2D eigenvalue weighted by Crippen LogP contribution is 2.11. The van der Waals surface area contributed by atoms with Gasteiger partial charge in [0.25, 0.3) is 0 Å². The van der Waals surface area contributed by atoms with Crippen molar-refractivity contribution in [3.8, 4) is 0 Å². The summed E-state index contributed by atoms with van der Waals surface area (Å²) in [4.78, 5) is 0. The summed E-state index contributed by atoms with van der Waals surface area (Å²) in [6, 6.07) is 0. The number of aromatic nitrogens is 3. The minimum atomic E-state index is -0.525. The number of hydrogen-bond donors (Lipinski definition) is 2. The lowest BCUT2D eigenvalue weighted by Gasteiger charge is -2.00. The molecule has 5 heteroatoms. The number of aryl methyl sites for hydroxylation is 1. The van der Waals surface area contributed by atoms with Gasteiger partial charge in [-0.2, -0.15) is 0 Å². The summed E-state index contributed by atoms with van der Waals surface area (Å²) in [7, 11) is 0. The highest BCUT2D eigenvalue weighted by Gasteiger charge is 2.08. The van der Waals surface area contributed by atoms with Gasteiger partial charge in [0.1, 0.15) is 5.69 Å². The van der Waals surface area contributed by atoms with Gasteiger partial charge in [0.15, 0.2) is 0 Å². The van der Waals surface area contributed by atoms with Crippen molar-refractivity contribution in [1.82, 2.24) is 15.0 Å². The molecular formula is C8H15N3O2. The van der Waals surface area contributed by atoms with E-state index in [1.54, 1.807) is 10.9 Å². The molecule has 0 bridgehead atoms. The molecule has 0 radical (unpaired) electrons. The van der Waals surface area contributed by atoms with Crippen molar-refractivity contribution in [3.63, 3.8) is 0 Å². The van der Waals surface area contributed by atoms with Crippen molar-refractivity contribution in [2.24, 2.45) is 0 Å². The van der Waals surface area contributed by atoms with Crippen LogP contribution >= 0.6 is 0 Å². The zero-order chi connectivity index (χ0) is 9.68. The Morgan fingerprint density at radius 2 is 2.38 bits per heavy atom. The van der Waals surface area contributed by atoms with Crippen molar-refractivity contribution in [3.05, 3.63) is 11.9 Å². The average molecular weight is 185 g/mol. The third kappa shape index (κ3) is 2.78. The van der Waals surface area contributed by atoms with Crippen LogP contribution in [-0.4, -0.2) is 31.8 Å². The molecule has 1 heterocycles. The van der Waals surface area contributed by atoms with E-state index < -0.39 is 6.10 Å². The molecule has 0 aromatic carbocycles. The van der Waals surface area contributed by atoms with Gasteiger partial charge >= 0.3 is 0 Å². The van der Waals surface area contributed by atoms with E-state index in [0.717, 1.165) is 0 Å². The van der Waals surface area contributed by atoms with Crippen molar-refractivity contribution in [2.45, 2.75) is 32.4 Å². The van der Waals surface area contributed by atoms with Crippen LogP contribution in [0, 0.1) is 0 Å². The zero-order valence-electron chi connectivity index (χ0n) is 7.72. The summed E-state index contributed by atoms with van der Waals surface area (Å²) in [5, 5.41) is 25.6. The van der Waals surface area contributed by atoms with Crippen molar-refractivity contribution < 1.29 is 10.2 Å². The van der Waals surface area contributed by atoms with E-state index in [-0.39, 0.29) is 6.61 Å². The van der Waals surface area contributed by atoms with E-state index >= 15 is 0 Å². The maximum absolute atomic E-state index is 9.40. The fourth-order valence-corrected chi connectivity index (χ4v) is 1.02. The molecule has 0 amide bonds. The summed E-state index contributed by atoms with van der Waals surface area (Å²) < 4.78 is 1.63. The van der Waals surface area contributed by atoms with E-state index in [0.29, 0.717) is 25.1 Å². The van der Waals surface area contributed by atoms with E-state index in [1.807, 2.05) is 6.92 Å². The molecule has 0 aliphatic carbocycles. The van der Waals surface area contributed by atoms with Crippen LogP contribution < -0.4 is 0 Å². The minimum absolute atomic E-state index is 0.144. The van der Waals surface area contributed by atoms with Crippen molar-refractivity contribution in [2.75, 3.05) is 6.61 Å². The Bertz CT molecular complexity index is 249. The molecule has 1 rings (SSSR count). The van der Waals surface area contributed by atoms with Gasteiger partial charge in [0.05, 0.1) is 12.3 Å². The van der Waals surface area contributed by atoms with Crippen LogP contribution in [0.4, 0.5) is 0 Å². The maximum Gasteiger partial charge on any atom is 0.111 e. The fraction of sp³-hybridized carbons (Fsp3) is 0.750. The Labute approximate surface area is 77.0 Å². The first-order valence-electron chi connectivity index (χ1n) is 4.47. The quantitative estimate of drug-likeness (QED) is 0.682. The van der Waals surface area contributed by atoms with Crippen LogP contribution in [0.3, 0.4) is 0 Å². The number of nitrogens with zero attached hydrogens (tertiary/aromatic N) is 3. The third-order valence-electron chi connectivity index (χ3n) is 1.83. The van der Waals surface area contributed by atoms with Gasteiger partial charge in [-0.3, -0.25) is 4.68 Å². The normalized spacial score (nSPS) is 13.2. The summed E-state index contributed by atoms with van der Waals surface area (Å²) in [6.45, 7) is 2.67. The van der Waals surface area contributed by atoms with Gasteiger partial charge in [0, 0.05) is 13.2 Å². The second-order valence-corrected chi connectivity index (χ2v) is 2.91. The number of aliphatic hydroxyl groups is 2. The lowest BCUT2D eigenvalue weighted by Crippen LogP contribution is -2.00. The van der Waals surface area contributed by atoms with E-state index in [2.05, 4.69) is 10.3 Å². The van der Waals surface area contributed by atoms with Gasteiger partial charge in [-0.25, -0.2) is 0 Å². The van der Waals surface area contributed by atoms with Gasteiger partial charge in [0.2, 0.25) is 0 Å². The molecule has 2 N–H and O–H groups in total. The first kappa shape index (κ1) is 10.1. The van der Waals surface area contributed by atoms with Crippen LogP contribution in [0.2, 0.25) is 0 Å². The molecule has 74 valence electrons. The minimum Gasteiger partial charge on any atom is -0.396 e. The highest BCUT2D eigenvalue weighted by atomic mass is 16.3. The Kier molecular flexibility index (Phi) is 3.85. The second kappa shape index (κ2) is 4.94. The monoisotopic (exact) mass is 185 g/mol. The van der Waals surface area contributed by atoms with E-state index in [4.69, 9.17) is 5.11 Å². The molecule has 0 spiro atoms. The molecule has 13 heavy (non-hydrogen) atoms. The third-order valence-corrected chi connectivity index (χ3v) is 1.83. The van der Waals surface area contributed by atoms with Gasteiger partial charge < -0.3 is 10.2 Å². The highest BCUT2D eigenvalue weighted by molar-refractivity contribution is 4.96. The fourth-order valence-electron chi connectivity index (χ4n) is 1.02. The Morgan fingerprint density at radius 1 is 1.62 bits per heavy atom. The molecule has 5 nitrogen and oxygen atoms in total.